The largest absolute Gasteiger partial charge is 0.447 e. The van der Waals surface area contributed by atoms with Crippen molar-refractivity contribution in [3.63, 3.8) is 0 Å². The van der Waals surface area contributed by atoms with Gasteiger partial charge in [0.05, 0.1) is 18.1 Å². The van der Waals surface area contributed by atoms with Crippen LogP contribution in [0.15, 0.2) is 22.9 Å². The zero-order valence-corrected chi connectivity index (χ0v) is 12.2. The van der Waals surface area contributed by atoms with Crippen LogP contribution in [-0.2, 0) is 13.0 Å². The molecule has 0 bridgehead atoms. The molecule has 0 saturated heterocycles. The van der Waals surface area contributed by atoms with Gasteiger partial charge in [-0.3, -0.25) is 0 Å². The van der Waals surface area contributed by atoms with Crippen LogP contribution in [0.25, 0.3) is 11.0 Å². The number of H-pyrrole nitrogens is 1. The van der Waals surface area contributed by atoms with E-state index in [1.54, 1.807) is 6.20 Å². The van der Waals surface area contributed by atoms with Crippen molar-refractivity contribution >= 4 is 28.5 Å². The fourth-order valence-corrected chi connectivity index (χ4v) is 2.30. The maximum atomic E-state index is 5.95. The van der Waals surface area contributed by atoms with Gasteiger partial charge in [0, 0.05) is 18.2 Å². The van der Waals surface area contributed by atoms with Crippen molar-refractivity contribution in [1.82, 2.24) is 19.9 Å². The summed E-state index contributed by atoms with van der Waals surface area (Å²) in [5.74, 6) is 1.21. The average Bonchev–Trinajstić information content (AvgIpc) is 3.03. The summed E-state index contributed by atoms with van der Waals surface area (Å²) in [5, 5.41) is 4.19. The van der Waals surface area contributed by atoms with Crippen LogP contribution in [0.5, 0.6) is 0 Å². The van der Waals surface area contributed by atoms with Crippen LogP contribution in [0.1, 0.15) is 18.5 Å². The van der Waals surface area contributed by atoms with Crippen molar-refractivity contribution in [3.8, 4) is 0 Å². The van der Waals surface area contributed by atoms with Crippen LogP contribution in [-0.4, -0.2) is 26.0 Å². The van der Waals surface area contributed by atoms with Gasteiger partial charge in [-0.05, 0) is 24.6 Å². The molecule has 0 aromatic carbocycles. The van der Waals surface area contributed by atoms with Gasteiger partial charge in [-0.15, -0.1) is 0 Å². The van der Waals surface area contributed by atoms with E-state index in [1.165, 1.54) is 6.26 Å². The van der Waals surface area contributed by atoms with Crippen molar-refractivity contribution in [3.05, 3.63) is 35.4 Å². The Morgan fingerprint density at radius 3 is 3.05 bits per heavy atom. The molecule has 0 aliphatic carbocycles. The lowest BCUT2D eigenvalue weighted by molar-refractivity contribution is 0.503. The number of nitrogens with zero attached hydrogens (tertiary/aromatic N) is 3. The Morgan fingerprint density at radius 2 is 2.33 bits per heavy atom. The Hall–Kier alpha value is -2.12. The van der Waals surface area contributed by atoms with Gasteiger partial charge < -0.3 is 20.5 Å². The normalized spacial score (nSPS) is 12.7. The van der Waals surface area contributed by atoms with E-state index in [9.17, 15) is 0 Å². The molecule has 1 atom stereocenters. The van der Waals surface area contributed by atoms with Crippen molar-refractivity contribution in [1.29, 1.82) is 0 Å². The van der Waals surface area contributed by atoms with Crippen LogP contribution in [0, 0.1) is 0 Å². The van der Waals surface area contributed by atoms with E-state index in [0.717, 1.165) is 17.5 Å². The van der Waals surface area contributed by atoms with Crippen molar-refractivity contribution in [2.75, 3.05) is 5.32 Å². The molecule has 3 rings (SSSR count). The SMILES string of the molecule is C[C@H](N)Cc1cc2c(NCc3ncco3)nc(Cl)nc2[nH]1. The molecule has 3 aromatic rings. The average molecular weight is 307 g/mol. The summed E-state index contributed by atoms with van der Waals surface area (Å²) in [4.78, 5) is 15.7. The second-order valence-corrected chi connectivity index (χ2v) is 5.20. The second kappa shape index (κ2) is 5.71. The van der Waals surface area contributed by atoms with E-state index >= 15 is 0 Å². The zero-order chi connectivity index (χ0) is 14.8. The van der Waals surface area contributed by atoms with E-state index in [-0.39, 0.29) is 11.3 Å². The van der Waals surface area contributed by atoms with E-state index in [0.29, 0.717) is 23.9 Å². The maximum absolute atomic E-state index is 5.95. The number of aromatic amines is 1. The summed E-state index contributed by atoms with van der Waals surface area (Å²) in [7, 11) is 0. The quantitative estimate of drug-likeness (QED) is 0.623. The first-order valence-electron chi connectivity index (χ1n) is 6.55. The van der Waals surface area contributed by atoms with Crippen LogP contribution >= 0.6 is 11.6 Å². The zero-order valence-electron chi connectivity index (χ0n) is 11.4. The van der Waals surface area contributed by atoms with Gasteiger partial charge >= 0.3 is 0 Å². The number of nitrogens with one attached hydrogen (secondary N) is 2. The second-order valence-electron chi connectivity index (χ2n) is 4.86. The first-order chi connectivity index (χ1) is 10.1. The lowest BCUT2D eigenvalue weighted by Crippen LogP contribution is -2.17. The number of anilines is 1. The maximum Gasteiger partial charge on any atom is 0.226 e. The van der Waals surface area contributed by atoms with Crippen molar-refractivity contribution < 1.29 is 4.42 Å². The van der Waals surface area contributed by atoms with Crippen LogP contribution in [0.2, 0.25) is 5.28 Å². The number of fused-ring (bicyclic) bond motifs is 1. The summed E-state index contributed by atoms with van der Waals surface area (Å²) in [6.07, 6.45) is 3.85. The van der Waals surface area contributed by atoms with Gasteiger partial charge in [0.15, 0.2) is 0 Å². The topological polar surface area (TPSA) is 106 Å². The number of rotatable bonds is 5. The first kappa shape index (κ1) is 13.8. The lowest BCUT2D eigenvalue weighted by atomic mass is 10.2. The molecule has 0 unspecified atom stereocenters. The Kier molecular flexibility index (Phi) is 3.76. The van der Waals surface area contributed by atoms with E-state index in [1.807, 2.05) is 13.0 Å². The van der Waals surface area contributed by atoms with Crippen molar-refractivity contribution in [2.45, 2.75) is 25.9 Å². The third-order valence-electron chi connectivity index (χ3n) is 2.95. The fraction of sp³-hybridized carbons (Fsp3) is 0.308. The van der Waals surface area contributed by atoms with E-state index < -0.39 is 0 Å². The highest BCUT2D eigenvalue weighted by Gasteiger charge is 2.12. The molecule has 0 fully saturated rings. The summed E-state index contributed by atoms with van der Waals surface area (Å²) >= 11 is 5.95. The monoisotopic (exact) mass is 306 g/mol. The van der Waals surface area contributed by atoms with Gasteiger partial charge in [-0.2, -0.15) is 4.98 Å². The third-order valence-corrected chi connectivity index (χ3v) is 3.12. The molecule has 8 heteroatoms. The molecule has 21 heavy (non-hydrogen) atoms. The van der Waals surface area contributed by atoms with Gasteiger partial charge in [-0.25, -0.2) is 9.97 Å². The number of hydrogen-bond donors (Lipinski definition) is 3. The van der Waals surface area contributed by atoms with Crippen LogP contribution in [0.3, 0.4) is 0 Å². The number of oxazole rings is 1. The predicted octanol–water partition coefficient (Wildman–Crippen LogP) is 2.10. The third kappa shape index (κ3) is 3.14. The number of nitrogens with two attached hydrogens (primary N) is 1. The van der Waals surface area contributed by atoms with Crippen molar-refractivity contribution in [2.24, 2.45) is 5.73 Å². The lowest BCUT2D eigenvalue weighted by Gasteiger charge is -2.04. The molecule has 0 aliphatic heterocycles. The number of hydrogen-bond acceptors (Lipinski definition) is 6. The summed E-state index contributed by atoms with van der Waals surface area (Å²) < 4.78 is 5.18. The Bertz CT molecular complexity index is 737. The summed E-state index contributed by atoms with van der Waals surface area (Å²) in [6, 6.07) is 2.04. The summed E-state index contributed by atoms with van der Waals surface area (Å²) in [5.41, 5.74) is 7.50. The molecule has 0 amide bonds. The van der Waals surface area contributed by atoms with Gasteiger partial charge in [-0.1, -0.05) is 0 Å². The van der Waals surface area contributed by atoms with Gasteiger partial charge in [0.1, 0.15) is 17.7 Å². The minimum absolute atomic E-state index is 0.0604. The van der Waals surface area contributed by atoms with Gasteiger partial charge in [0.2, 0.25) is 11.2 Å². The Balaban J connectivity index is 1.90. The van der Waals surface area contributed by atoms with Gasteiger partial charge in [0.25, 0.3) is 0 Å². The molecule has 0 saturated carbocycles. The minimum atomic E-state index is 0.0604. The molecule has 0 spiro atoms. The highest BCUT2D eigenvalue weighted by atomic mass is 35.5. The first-order valence-corrected chi connectivity index (χ1v) is 6.92. The molecule has 7 nitrogen and oxygen atoms in total. The van der Waals surface area contributed by atoms with Crippen LogP contribution in [0.4, 0.5) is 5.82 Å². The number of aromatic nitrogens is 4. The smallest absolute Gasteiger partial charge is 0.226 e. The van der Waals surface area contributed by atoms with Crippen LogP contribution < -0.4 is 11.1 Å². The van der Waals surface area contributed by atoms with E-state index in [4.69, 9.17) is 21.8 Å². The minimum Gasteiger partial charge on any atom is -0.447 e. The summed E-state index contributed by atoms with van der Waals surface area (Å²) in [6.45, 7) is 2.37. The molecule has 0 radical (unpaired) electrons. The Morgan fingerprint density at radius 1 is 1.48 bits per heavy atom. The molecular weight excluding hydrogens is 292 g/mol. The molecule has 0 aliphatic rings. The highest BCUT2D eigenvalue weighted by molar-refractivity contribution is 6.28. The fourth-order valence-electron chi connectivity index (χ4n) is 2.13. The van der Waals surface area contributed by atoms with E-state index in [2.05, 4.69) is 25.3 Å². The molecular formula is C13H15ClN6O. The molecule has 3 heterocycles. The number of halogens is 1. The highest BCUT2D eigenvalue weighted by Crippen LogP contribution is 2.24. The molecule has 4 N–H and O–H groups in total. The molecule has 110 valence electrons. The molecule has 3 aromatic heterocycles. The predicted molar refractivity (Wildman–Crippen MR) is 80.1 cm³/mol. The Labute approximate surface area is 125 Å². The standard InChI is InChI=1S/C13H15ClN6O/c1-7(15)4-8-5-9-11(17-6-10-16-2-3-21-10)19-13(14)20-12(9)18-8/h2-3,5,7H,4,6,15H2,1H3,(H2,17,18,19,20)/t7-/m0/s1.